The summed E-state index contributed by atoms with van der Waals surface area (Å²) in [5.74, 6) is 1.05. The van der Waals surface area contributed by atoms with Crippen molar-refractivity contribution in [1.29, 1.82) is 0 Å². The lowest BCUT2D eigenvalue weighted by atomic mass is 10.1. The van der Waals surface area contributed by atoms with Crippen molar-refractivity contribution in [3.05, 3.63) is 77.9 Å². The lowest BCUT2D eigenvalue weighted by Crippen LogP contribution is -2.21. The van der Waals surface area contributed by atoms with E-state index in [0.29, 0.717) is 34.6 Å². The maximum absolute atomic E-state index is 12.9. The molecule has 0 amide bonds. The first-order valence-electron chi connectivity index (χ1n) is 9.10. The third kappa shape index (κ3) is 3.99. The third-order valence-corrected chi connectivity index (χ3v) is 4.58. The number of hydrogen-bond donors (Lipinski definition) is 1. The Morgan fingerprint density at radius 2 is 1.87 bits per heavy atom. The average molecular weight is 414 g/mol. The molecule has 0 saturated heterocycles. The third-order valence-electron chi connectivity index (χ3n) is 4.58. The van der Waals surface area contributed by atoms with Crippen LogP contribution in [0.4, 0.5) is 13.2 Å². The van der Waals surface area contributed by atoms with E-state index in [-0.39, 0.29) is 5.69 Å². The summed E-state index contributed by atoms with van der Waals surface area (Å²) in [6, 6.07) is 14.9. The number of benzene rings is 2. The van der Waals surface area contributed by atoms with Crippen molar-refractivity contribution in [1.82, 2.24) is 9.97 Å². The summed E-state index contributed by atoms with van der Waals surface area (Å²) < 4.78 is 50.2. The van der Waals surface area contributed by atoms with Gasteiger partial charge in [0.15, 0.2) is 6.10 Å². The lowest BCUT2D eigenvalue weighted by molar-refractivity contribution is -0.208. The number of rotatable bonds is 5. The van der Waals surface area contributed by atoms with Crippen molar-refractivity contribution in [2.45, 2.75) is 25.8 Å². The Labute approximate surface area is 169 Å². The average Bonchev–Trinajstić information content (AvgIpc) is 3.07. The number of aliphatic hydroxyl groups excluding tert-OH is 1. The molecule has 0 saturated carbocycles. The van der Waals surface area contributed by atoms with Gasteiger partial charge in [0.1, 0.15) is 23.7 Å². The summed E-state index contributed by atoms with van der Waals surface area (Å²) in [6.45, 7) is 2.06. The van der Waals surface area contributed by atoms with Crippen LogP contribution in [-0.4, -0.2) is 21.3 Å². The van der Waals surface area contributed by atoms with Gasteiger partial charge in [0.05, 0.1) is 29.3 Å². The molecule has 0 aliphatic carbocycles. The zero-order chi connectivity index (χ0) is 21.3. The highest BCUT2D eigenvalue weighted by molar-refractivity contribution is 5.95. The summed E-state index contributed by atoms with van der Waals surface area (Å²) in [5, 5.41) is 10.1. The van der Waals surface area contributed by atoms with Gasteiger partial charge < -0.3 is 14.3 Å². The van der Waals surface area contributed by atoms with Gasteiger partial charge in [-0.1, -0.05) is 30.3 Å². The zero-order valence-electron chi connectivity index (χ0n) is 15.8. The van der Waals surface area contributed by atoms with Crippen molar-refractivity contribution >= 4 is 11.0 Å². The molecule has 4 aromatic rings. The van der Waals surface area contributed by atoms with Crippen LogP contribution in [-0.2, 0) is 6.61 Å². The summed E-state index contributed by atoms with van der Waals surface area (Å²) in [4.78, 5) is 7.81. The van der Waals surface area contributed by atoms with E-state index in [1.54, 1.807) is 25.1 Å². The van der Waals surface area contributed by atoms with Gasteiger partial charge in [-0.05, 0) is 30.7 Å². The van der Waals surface area contributed by atoms with E-state index in [4.69, 9.17) is 9.15 Å². The predicted molar refractivity (Wildman–Crippen MR) is 104 cm³/mol. The van der Waals surface area contributed by atoms with Crippen LogP contribution in [0.2, 0.25) is 0 Å². The fraction of sp³-hybridized carbons (Fsp3) is 0.182. The minimum absolute atomic E-state index is 0.173. The molecule has 1 atom stereocenters. The number of hydrogen-bond acceptors (Lipinski definition) is 5. The van der Waals surface area contributed by atoms with Crippen LogP contribution in [0.1, 0.15) is 23.1 Å². The molecule has 4 rings (SSSR count). The van der Waals surface area contributed by atoms with E-state index in [9.17, 15) is 18.3 Å². The number of aryl methyl sites for hydroxylation is 1. The normalized spacial score (nSPS) is 12.8. The molecule has 0 aliphatic rings. The number of aliphatic hydroxyl groups is 1. The second kappa shape index (κ2) is 7.79. The topological polar surface area (TPSA) is 68.4 Å². The lowest BCUT2D eigenvalue weighted by Gasteiger charge is -2.14. The highest BCUT2D eigenvalue weighted by Crippen LogP contribution is 2.37. The summed E-state index contributed by atoms with van der Waals surface area (Å²) in [5.41, 5.74) is 1.63. The summed E-state index contributed by atoms with van der Waals surface area (Å²) in [6.07, 6.45) is -5.32. The number of furan rings is 1. The minimum Gasteiger partial charge on any atom is -0.489 e. The van der Waals surface area contributed by atoms with E-state index in [1.165, 1.54) is 6.20 Å². The molecule has 2 aromatic heterocycles. The Kier molecular flexibility index (Phi) is 5.17. The quantitative estimate of drug-likeness (QED) is 0.475. The molecule has 30 heavy (non-hydrogen) atoms. The van der Waals surface area contributed by atoms with Crippen LogP contribution >= 0.6 is 0 Å². The molecule has 5 nitrogen and oxygen atoms in total. The Morgan fingerprint density at radius 3 is 2.60 bits per heavy atom. The van der Waals surface area contributed by atoms with Crippen LogP contribution in [0.25, 0.3) is 22.2 Å². The van der Waals surface area contributed by atoms with Gasteiger partial charge in [-0.2, -0.15) is 13.2 Å². The first-order valence-corrected chi connectivity index (χ1v) is 9.10. The monoisotopic (exact) mass is 414 g/mol. The van der Waals surface area contributed by atoms with Crippen LogP contribution in [0.5, 0.6) is 5.75 Å². The van der Waals surface area contributed by atoms with Crippen molar-refractivity contribution in [3.8, 4) is 17.0 Å². The van der Waals surface area contributed by atoms with E-state index in [0.717, 1.165) is 11.8 Å². The number of halogens is 3. The van der Waals surface area contributed by atoms with E-state index < -0.39 is 18.0 Å². The Bertz CT molecular complexity index is 1170. The van der Waals surface area contributed by atoms with Gasteiger partial charge in [-0.3, -0.25) is 4.98 Å². The maximum Gasteiger partial charge on any atom is 0.420 e. The summed E-state index contributed by atoms with van der Waals surface area (Å²) in [7, 11) is 0. The minimum atomic E-state index is -4.83. The van der Waals surface area contributed by atoms with Crippen LogP contribution in [0, 0.1) is 6.92 Å². The van der Waals surface area contributed by atoms with E-state index in [2.05, 4.69) is 9.97 Å². The first-order chi connectivity index (χ1) is 14.3. The van der Waals surface area contributed by atoms with Gasteiger partial charge in [0.2, 0.25) is 0 Å². The molecular formula is C22H17F3N2O3. The molecule has 2 heterocycles. The van der Waals surface area contributed by atoms with E-state index in [1.807, 2.05) is 30.3 Å². The molecule has 0 aliphatic heterocycles. The highest BCUT2D eigenvalue weighted by atomic mass is 19.4. The number of nitrogens with zero attached hydrogens (tertiary/aromatic N) is 2. The van der Waals surface area contributed by atoms with Crippen molar-refractivity contribution in [3.63, 3.8) is 0 Å². The van der Waals surface area contributed by atoms with Gasteiger partial charge in [-0.15, -0.1) is 0 Å². The molecule has 154 valence electrons. The maximum atomic E-state index is 12.9. The van der Waals surface area contributed by atoms with Gasteiger partial charge in [0, 0.05) is 5.39 Å². The highest BCUT2D eigenvalue weighted by Gasteiger charge is 2.40. The molecular weight excluding hydrogens is 397 g/mol. The molecule has 0 spiro atoms. The largest absolute Gasteiger partial charge is 0.489 e. The fourth-order valence-electron chi connectivity index (χ4n) is 3.15. The fourth-order valence-corrected chi connectivity index (χ4v) is 3.15. The van der Waals surface area contributed by atoms with Crippen LogP contribution in [0.15, 0.2) is 65.3 Å². The molecule has 1 N–H and O–H groups in total. The van der Waals surface area contributed by atoms with Crippen molar-refractivity contribution in [2.24, 2.45) is 0 Å². The van der Waals surface area contributed by atoms with Crippen LogP contribution in [0.3, 0.4) is 0 Å². The molecule has 1 unspecified atom stereocenters. The standard InChI is InChI=1S/C22H17F3N2O3/c1-13-20(17-10-26-11-18(27-17)21(28)22(23,24)25)16-9-15(7-8-19(16)30-13)29-12-14-5-3-2-4-6-14/h2-11,21,28H,12H2,1H3. The number of ether oxygens (including phenoxy) is 1. The Balaban J connectivity index is 1.70. The second-order valence-electron chi connectivity index (χ2n) is 6.74. The number of aromatic nitrogens is 2. The Morgan fingerprint density at radius 1 is 1.10 bits per heavy atom. The smallest absolute Gasteiger partial charge is 0.420 e. The zero-order valence-corrected chi connectivity index (χ0v) is 15.8. The van der Waals surface area contributed by atoms with Crippen molar-refractivity contribution < 1.29 is 27.4 Å². The van der Waals surface area contributed by atoms with Gasteiger partial charge in [-0.25, -0.2) is 4.98 Å². The number of fused-ring (bicyclic) bond motifs is 1. The van der Waals surface area contributed by atoms with Gasteiger partial charge in [0.25, 0.3) is 0 Å². The molecule has 0 bridgehead atoms. The molecule has 2 aromatic carbocycles. The molecule has 8 heteroatoms. The second-order valence-corrected chi connectivity index (χ2v) is 6.74. The van der Waals surface area contributed by atoms with Gasteiger partial charge >= 0.3 is 6.18 Å². The van der Waals surface area contributed by atoms with Crippen molar-refractivity contribution in [2.75, 3.05) is 0 Å². The Hall–Kier alpha value is -3.39. The predicted octanol–water partition coefficient (Wildman–Crippen LogP) is 5.37. The van der Waals surface area contributed by atoms with E-state index >= 15 is 0 Å². The number of alkyl halides is 3. The first kappa shape index (κ1) is 19.9. The SMILES string of the molecule is Cc1oc2ccc(OCc3ccccc3)cc2c1-c1cncc(C(O)C(F)(F)F)n1. The molecule has 0 fully saturated rings. The van der Waals surface area contributed by atoms with Crippen LogP contribution < -0.4 is 4.74 Å². The summed E-state index contributed by atoms with van der Waals surface area (Å²) >= 11 is 0. The molecule has 0 radical (unpaired) electrons.